The fraction of sp³-hybridized carbons (Fsp3) is 0.192. The molecule has 1 saturated heterocycles. The summed E-state index contributed by atoms with van der Waals surface area (Å²) in [5.41, 5.74) is 1.25. The van der Waals surface area contributed by atoms with Crippen LogP contribution in [-0.4, -0.2) is 47.0 Å². The van der Waals surface area contributed by atoms with Gasteiger partial charge in [0.05, 0.1) is 17.5 Å². The van der Waals surface area contributed by atoms with Gasteiger partial charge in [-0.05, 0) is 54.1 Å². The third-order valence-corrected chi connectivity index (χ3v) is 6.27. The summed E-state index contributed by atoms with van der Waals surface area (Å²) in [5, 5.41) is 0. The molecular weight excluding hydrogens is 508 g/mol. The zero-order chi connectivity index (χ0) is 26.2. The number of hydrogen-bond donors (Lipinski definition) is 1. The average molecular weight is 529 g/mol. The molecule has 0 aliphatic carbocycles. The quantitative estimate of drug-likeness (QED) is 0.268. The summed E-state index contributed by atoms with van der Waals surface area (Å²) < 4.78 is 60.7. The highest BCUT2D eigenvalue weighted by Gasteiger charge is 2.38. The number of piperazine rings is 1. The standard InChI is InChI=1S/C26H20F4N4O2S/c27-18-8-6-16(7-9-18)22-21(17-3-1-4-19(37)15-17)23(32-25(31-22)26(28,29)30)33-10-12-34(13-11-33)24(35)20-5-2-14-36-20/h1-9,14-15,37H,10-13H2. The minimum absolute atomic E-state index is 0.0188. The number of thiol groups is 1. The molecule has 1 aliphatic heterocycles. The number of rotatable bonds is 4. The summed E-state index contributed by atoms with van der Waals surface area (Å²) in [7, 11) is 0. The first-order chi connectivity index (χ1) is 17.7. The number of carbonyl (C=O) groups is 1. The fourth-order valence-corrected chi connectivity index (χ4v) is 4.45. The summed E-state index contributed by atoms with van der Waals surface area (Å²) in [6.07, 6.45) is -3.41. The molecule has 4 aromatic rings. The Labute approximate surface area is 215 Å². The van der Waals surface area contributed by atoms with Gasteiger partial charge in [0.25, 0.3) is 5.91 Å². The van der Waals surface area contributed by atoms with Gasteiger partial charge in [-0.1, -0.05) is 12.1 Å². The molecule has 190 valence electrons. The van der Waals surface area contributed by atoms with Crippen molar-refractivity contribution >= 4 is 24.4 Å². The topological polar surface area (TPSA) is 62.5 Å². The highest BCUT2D eigenvalue weighted by Crippen LogP contribution is 2.41. The highest BCUT2D eigenvalue weighted by molar-refractivity contribution is 7.80. The van der Waals surface area contributed by atoms with Crippen LogP contribution >= 0.6 is 12.6 Å². The number of nitrogens with zero attached hydrogens (tertiary/aromatic N) is 4. The Bertz CT molecular complexity index is 1420. The van der Waals surface area contributed by atoms with E-state index in [2.05, 4.69) is 22.6 Å². The lowest BCUT2D eigenvalue weighted by Gasteiger charge is -2.36. The Morgan fingerprint density at radius 1 is 0.919 bits per heavy atom. The maximum atomic E-state index is 13.9. The van der Waals surface area contributed by atoms with E-state index in [0.717, 1.165) is 0 Å². The third kappa shape index (κ3) is 5.17. The van der Waals surface area contributed by atoms with Crippen molar-refractivity contribution in [3.63, 3.8) is 0 Å². The summed E-state index contributed by atoms with van der Waals surface area (Å²) >= 11 is 4.39. The molecule has 37 heavy (non-hydrogen) atoms. The van der Waals surface area contributed by atoms with E-state index in [4.69, 9.17) is 4.42 Å². The van der Waals surface area contributed by atoms with Gasteiger partial charge in [0, 0.05) is 36.6 Å². The Morgan fingerprint density at radius 2 is 1.65 bits per heavy atom. The Balaban J connectivity index is 1.62. The van der Waals surface area contributed by atoms with Gasteiger partial charge in [-0.2, -0.15) is 13.2 Å². The van der Waals surface area contributed by atoms with Crippen LogP contribution in [0.2, 0.25) is 0 Å². The zero-order valence-electron chi connectivity index (χ0n) is 19.2. The highest BCUT2D eigenvalue weighted by atomic mass is 32.1. The lowest BCUT2D eigenvalue weighted by Crippen LogP contribution is -2.49. The van der Waals surface area contributed by atoms with Crippen molar-refractivity contribution in [3.8, 4) is 22.4 Å². The number of aromatic nitrogens is 2. The number of benzene rings is 2. The van der Waals surface area contributed by atoms with Crippen LogP contribution in [0.25, 0.3) is 22.4 Å². The molecule has 0 radical (unpaired) electrons. The molecule has 2 aromatic heterocycles. The summed E-state index contributed by atoms with van der Waals surface area (Å²) in [5.74, 6) is -1.85. The van der Waals surface area contributed by atoms with E-state index in [1.54, 1.807) is 46.2 Å². The third-order valence-electron chi connectivity index (χ3n) is 5.99. The molecule has 0 spiro atoms. The summed E-state index contributed by atoms with van der Waals surface area (Å²) in [6, 6.07) is 15.2. The van der Waals surface area contributed by atoms with Crippen LogP contribution in [0.1, 0.15) is 16.4 Å². The first-order valence-electron chi connectivity index (χ1n) is 11.3. The second-order valence-corrected chi connectivity index (χ2v) is 8.92. The minimum Gasteiger partial charge on any atom is -0.459 e. The molecule has 1 amide bonds. The van der Waals surface area contributed by atoms with Crippen molar-refractivity contribution in [2.24, 2.45) is 0 Å². The number of alkyl halides is 3. The van der Waals surface area contributed by atoms with Crippen LogP contribution in [0.15, 0.2) is 76.2 Å². The van der Waals surface area contributed by atoms with Crippen molar-refractivity contribution in [1.29, 1.82) is 0 Å². The first-order valence-corrected chi connectivity index (χ1v) is 11.8. The number of hydrogen-bond acceptors (Lipinski definition) is 6. The van der Waals surface area contributed by atoms with Crippen molar-refractivity contribution in [2.45, 2.75) is 11.1 Å². The normalized spacial score (nSPS) is 14.2. The predicted octanol–water partition coefficient (Wildman–Crippen LogP) is 5.81. The van der Waals surface area contributed by atoms with E-state index >= 15 is 0 Å². The first kappa shape index (κ1) is 24.8. The zero-order valence-corrected chi connectivity index (χ0v) is 20.1. The van der Waals surface area contributed by atoms with Crippen molar-refractivity contribution < 1.29 is 26.8 Å². The predicted molar refractivity (Wildman–Crippen MR) is 132 cm³/mol. The van der Waals surface area contributed by atoms with Gasteiger partial charge in [-0.15, -0.1) is 12.6 Å². The SMILES string of the molecule is O=C(c1ccco1)N1CCN(c2nc(C(F)(F)F)nc(-c3ccc(F)cc3)c2-c2cccc(S)c2)CC1. The van der Waals surface area contributed by atoms with Gasteiger partial charge in [0.15, 0.2) is 5.76 Å². The number of anilines is 1. The molecular formula is C26H20F4N4O2S. The molecule has 0 bridgehead atoms. The van der Waals surface area contributed by atoms with Crippen LogP contribution in [0.5, 0.6) is 0 Å². The van der Waals surface area contributed by atoms with Gasteiger partial charge >= 0.3 is 6.18 Å². The molecule has 0 atom stereocenters. The molecule has 0 saturated carbocycles. The van der Waals surface area contributed by atoms with Gasteiger partial charge in [0.1, 0.15) is 11.6 Å². The molecule has 0 unspecified atom stereocenters. The average Bonchev–Trinajstić information content (AvgIpc) is 3.43. The van der Waals surface area contributed by atoms with E-state index in [1.165, 1.54) is 30.5 Å². The Morgan fingerprint density at radius 3 is 2.27 bits per heavy atom. The van der Waals surface area contributed by atoms with Crippen molar-refractivity contribution in [1.82, 2.24) is 14.9 Å². The maximum Gasteiger partial charge on any atom is 0.451 e. The maximum absolute atomic E-state index is 13.9. The number of amides is 1. The van der Waals surface area contributed by atoms with E-state index in [1.807, 2.05) is 0 Å². The lowest BCUT2D eigenvalue weighted by molar-refractivity contribution is -0.144. The fourth-order valence-electron chi connectivity index (χ4n) is 4.23. The minimum atomic E-state index is -4.81. The van der Waals surface area contributed by atoms with Crippen molar-refractivity contribution in [2.75, 3.05) is 31.1 Å². The smallest absolute Gasteiger partial charge is 0.451 e. The van der Waals surface area contributed by atoms with Crippen LogP contribution in [0.3, 0.4) is 0 Å². The van der Waals surface area contributed by atoms with Crippen LogP contribution in [0.4, 0.5) is 23.4 Å². The van der Waals surface area contributed by atoms with Crippen molar-refractivity contribution in [3.05, 3.63) is 84.3 Å². The van der Waals surface area contributed by atoms with E-state index in [0.29, 0.717) is 21.6 Å². The molecule has 5 rings (SSSR count). The second kappa shape index (κ2) is 9.89. The lowest BCUT2D eigenvalue weighted by atomic mass is 9.98. The molecule has 11 heteroatoms. The van der Waals surface area contributed by atoms with E-state index in [-0.39, 0.29) is 49.4 Å². The summed E-state index contributed by atoms with van der Waals surface area (Å²) in [6.45, 7) is 0.972. The number of carbonyl (C=O) groups excluding carboxylic acids is 1. The number of furan rings is 1. The number of halogens is 4. The molecule has 1 aliphatic rings. The van der Waals surface area contributed by atoms with E-state index < -0.39 is 17.8 Å². The van der Waals surface area contributed by atoms with Gasteiger partial charge in [-0.25, -0.2) is 14.4 Å². The van der Waals surface area contributed by atoms with E-state index in [9.17, 15) is 22.4 Å². The second-order valence-electron chi connectivity index (χ2n) is 8.41. The largest absolute Gasteiger partial charge is 0.459 e. The molecule has 6 nitrogen and oxygen atoms in total. The Kier molecular flexibility index (Phi) is 6.63. The van der Waals surface area contributed by atoms with Gasteiger partial charge in [-0.3, -0.25) is 4.79 Å². The molecule has 1 fully saturated rings. The van der Waals surface area contributed by atoms with Gasteiger partial charge < -0.3 is 14.2 Å². The molecule has 3 heterocycles. The molecule has 0 N–H and O–H groups in total. The van der Waals surface area contributed by atoms with Gasteiger partial charge in [0.2, 0.25) is 5.82 Å². The molecule has 2 aromatic carbocycles. The monoisotopic (exact) mass is 528 g/mol. The summed E-state index contributed by atoms with van der Waals surface area (Å²) in [4.78, 5) is 24.4. The van der Waals surface area contributed by atoms with Crippen LogP contribution < -0.4 is 4.90 Å². The van der Waals surface area contributed by atoms with Crippen LogP contribution in [-0.2, 0) is 6.18 Å². The van der Waals surface area contributed by atoms with Crippen LogP contribution in [0, 0.1) is 5.82 Å². The Hall–Kier alpha value is -3.86.